The number of aryl methyl sites for hydroxylation is 1. The summed E-state index contributed by atoms with van der Waals surface area (Å²) in [6, 6.07) is 6.54. The van der Waals surface area contributed by atoms with E-state index in [0.717, 1.165) is 18.1 Å². The Morgan fingerprint density at radius 2 is 2.00 bits per heavy atom. The highest BCUT2D eigenvalue weighted by Gasteiger charge is 2.28. The minimum atomic E-state index is 0.150. The van der Waals surface area contributed by atoms with Crippen LogP contribution in [0, 0.1) is 12.8 Å². The molecular formula is C17H25NO. The van der Waals surface area contributed by atoms with Gasteiger partial charge in [0, 0.05) is 18.0 Å². The lowest BCUT2D eigenvalue weighted by Gasteiger charge is -2.33. The summed E-state index contributed by atoms with van der Waals surface area (Å²) in [4.78, 5) is 0. The van der Waals surface area contributed by atoms with Gasteiger partial charge in [-0.25, -0.2) is 0 Å². The second-order valence-electron chi connectivity index (χ2n) is 6.36. The van der Waals surface area contributed by atoms with Crippen molar-refractivity contribution >= 4 is 0 Å². The van der Waals surface area contributed by atoms with E-state index in [-0.39, 0.29) is 6.04 Å². The van der Waals surface area contributed by atoms with Crippen LogP contribution in [0.4, 0.5) is 0 Å². The number of benzene rings is 1. The number of hydrogen-bond donors (Lipinski definition) is 1. The molecule has 0 saturated heterocycles. The van der Waals surface area contributed by atoms with E-state index in [2.05, 4.69) is 25.1 Å². The molecule has 1 aromatic carbocycles. The molecule has 1 saturated carbocycles. The molecule has 2 N–H and O–H groups in total. The van der Waals surface area contributed by atoms with Gasteiger partial charge in [-0.05, 0) is 25.3 Å². The first-order valence-electron chi connectivity index (χ1n) is 7.75. The Labute approximate surface area is 116 Å². The molecule has 0 amide bonds. The summed E-state index contributed by atoms with van der Waals surface area (Å²) in [5, 5.41) is 0. The number of hydrogen-bond acceptors (Lipinski definition) is 2. The van der Waals surface area contributed by atoms with Gasteiger partial charge in [0.15, 0.2) is 0 Å². The molecule has 0 bridgehead atoms. The molecule has 3 rings (SSSR count). The summed E-state index contributed by atoms with van der Waals surface area (Å²) in [6.07, 6.45) is 9.50. The zero-order valence-electron chi connectivity index (χ0n) is 11.9. The zero-order valence-corrected chi connectivity index (χ0v) is 11.9. The summed E-state index contributed by atoms with van der Waals surface area (Å²) >= 11 is 0. The van der Waals surface area contributed by atoms with Crippen LogP contribution in [0.3, 0.4) is 0 Å². The van der Waals surface area contributed by atoms with Gasteiger partial charge >= 0.3 is 0 Å². The molecule has 104 valence electrons. The molecule has 2 heteroatoms. The van der Waals surface area contributed by atoms with Gasteiger partial charge in [-0.15, -0.1) is 0 Å². The SMILES string of the molecule is Cc1ccc2c(c1)[C@@H](N)CC(CC1CCCCC1)O2. The zero-order chi connectivity index (χ0) is 13.2. The van der Waals surface area contributed by atoms with Crippen molar-refractivity contribution in [2.24, 2.45) is 11.7 Å². The average Bonchev–Trinajstić information content (AvgIpc) is 2.41. The van der Waals surface area contributed by atoms with Gasteiger partial charge in [-0.1, -0.05) is 49.8 Å². The Bertz CT molecular complexity index is 437. The third kappa shape index (κ3) is 2.94. The van der Waals surface area contributed by atoms with Crippen LogP contribution in [0.2, 0.25) is 0 Å². The van der Waals surface area contributed by atoms with Crippen molar-refractivity contribution in [1.82, 2.24) is 0 Å². The Balaban J connectivity index is 1.68. The molecule has 1 aliphatic carbocycles. The molecule has 2 aliphatic rings. The third-order valence-corrected chi connectivity index (χ3v) is 4.70. The molecule has 1 unspecified atom stereocenters. The quantitative estimate of drug-likeness (QED) is 0.867. The highest BCUT2D eigenvalue weighted by atomic mass is 16.5. The minimum absolute atomic E-state index is 0.150. The van der Waals surface area contributed by atoms with Crippen LogP contribution in [-0.4, -0.2) is 6.10 Å². The van der Waals surface area contributed by atoms with Crippen molar-refractivity contribution in [3.63, 3.8) is 0 Å². The van der Waals surface area contributed by atoms with Gasteiger partial charge in [0.1, 0.15) is 11.9 Å². The first-order valence-corrected chi connectivity index (χ1v) is 7.75. The minimum Gasteiger partial charge on any atom is -0.490 e. The van der Waals surface area contributed by atoms with Crippen molar-refractivity contribution < 1.29 is 4.74 Å². The van der Waals surface area contributed by atoms with E-state index >= 15 is 0 Å². The van der Waals surface area contributed by atoms with E-state index in [1.807, 2.05) is 0 Å². The maximum absolute atomic E-state index is 6.33. The Morgan fingerprint density at radius 3 is 2.79 bits per heavy atom. The standard InChI is InChI=1S/C17H25NO/c1-12-7-8-17-15(9-12)16(18)11-14(19-17)10-13-5-3-2-4-6-13/h7-9,13-14,16H,2-6,10-11,18H2,1H3/t14?,16-/m0/s1. The molecule has 2 atom stereocenters. The van der Waals surface area contributed by atoms with Gasteiger partial charge in [0.2, 0.25) is 0 Å². The predicted molar refractivity (Wildman–Crippen MR) is 78.3 cm³/mol. The molecule has 19 heavy (non-hydrogen) atoms. The van der Waals surface area contributed by atoms with Crippen molar-refractivity contribution in [3.05, 3.63) is 29.3 Å². The second kappa shape index (κ2) is 5.54. The van der Waals surface area contributed by atoms with Crippen LogP contribution in [-0.2, 0) is 0 Å². The summed E-state index contributed by atoms with van der Waals surface area (Å²) in [5.74, 6) is 1.88. The maximum Gasteiger partial charge on any atom is 0.124 e. The van der Waals surface area contributed by atoms with Gasteiger partial charge in [0.05, 0.1) is 0 Å². The number of nitrogens with two attached hydrogens (primary N) is 1. The van der Waals surface area contributed by atoms with E-state index in [1.54, 1.807) is 0 Å². The third-order valence-electron chi connectivity index (χ3n) is 4.70. The van der Waals surface area contributed by atoms with Gasteiger partial charge in [-0.2, -0.15) is 0 Å². The van der Waals surface area contributed by atoms with Crippen LogP contribution in [0.1, 0.15) is 62.1 Å². The van der Waals surface area contributed by atoms with Crippen molar-refractivity contribution in [2.75, 3.05) is 0 Å². The summed E-state index contributed by atoms with van der Waals surface area (Å²) in [5.41, 5.74) is 8.79. The fraction of sp³-hybridized carbons (Fsp3) is 0.647. The number of rotatable bonds is 2. The molecule has 0 aromatic heterocycles. The topological polar surface area (TPSA) is 35.2 Å². The average molecular weight is 259 g/mol. The van der Waals surface area contributed by atoms with Crippen LogP contribution < -0.4 is 10.5 Å². The van der Waals surface area contributed by atoms with Crippen LogP contribution in [0.5, 0.6) is 5.75 Å². The fourth-order valence-electron chi connectivity index (χ4n) is 3.64. The summed E-state index contributed by atoms with van der Waals surface area (Å²) in [6.45, 7) is 2.11. The monoisotopic (exact) mass is 259 g/mol. The van der Waals surface area contributed by atoms with E-state index in [9.17, 15) is 0 Å². The molecule has 1 aliphatic heterocycles. The van der Waals surface area contributed by atoms with E-state index < -0.39 is 0 Å². The van der Waals surface area contributed by atoms with E-state index in [0.29, 0.717) is 6.10 Å². The lowest BCUT2D eigenvalue weighted by molar-refractivity contribution is 0.120. The van der Waals surface area contributed by atoms with Crippen LogP contribution in [0.25, 0.3) is 0 Å². The molecular weight excluding hydrogens is 234 g/mol. The molecule has 2 nitrogen and oxygen atoms in total. The first-order chi connectivity index (χ1) is 9.22. The van der Waals surface area contributed by atoms with Crippen LogP contribution >= 0.6 is 0 Å². The van der Waals surface area contributed by atoms with Crippen molar-refractivity contribution in [2.45, 2.75) is 64.0 Å². The molecule has 1 aromatic rings. The molecule has 0 spiro atoms. The van der Waals surface area contributed by atoms with Crippen molar-refractivity contribution in [1.29, 1.82) is 0 Å². The molecule has 1 heterocycles. The highest BCUT2D eigenvalue weighted by Crippen LogP contribution is 2.37. The number of ether oxygens (including phenoxy) is 1. The van der Waals surface area contributed by atoms with Gasteiger partial charge in [-0.3, -0.25) is 0 Å². The van der Waals surface area contributed by atoms with Crippen molar-refractivity contribution in [3.8, 4) is 5.75 Å². The largest absolute Gasteiger partial charge is 0.490 e. The Morgan fingerprint density at radius 1 is 1.21 bits per heavy atom. The molecule has 1 fully saturated rings. The first kappa shape index (κ1) is 13.0. The Kier molecular flexibility index (Phi) is 3.79. The smallest absolute Gasteiger partial charge is 0.124 e. The number of fused-ring (bicyclic) bond motifs is 1. The summed E-state index contributed by atoms with van der Waals surface area (Å²) in [7, 11) is 0. The van der Waals surface area contributed by atoms with Crippen LogP contribution in [0.15, 0.2) is 18.2 Å². The second-order valence-corrected chi connectivity index (χ2v) is 6.36. The lowest BCUT2D eigenvalue weighted by atomic mass is 9.83. The molecule has 0 radical (unpaired) electrons. The maximum atomic E-state index is 6.33. The lowest BCUT2D eigenvalue weighted by Crippen LogP contribution is -2.31. The predicted octanol–water partition coefficient (Wildman–Crippen LogP) is 4.12. The Hall–Kier alpha value is -1.02. The van der Waals surface area contributed by atoms with E-state index in [4.69, 9.17) is 10.5 Å². The summed E-state index contributed by atoms with van der Waals surface area (Å²) < 4.78 is 6.18. The van der Waals surface area contributed by atoms with E-state index in [1.165, 1.54) is 49.7 Å². The normalized spacial score (nSPS) is 27.7. The van der Waals surface area contributed by atoms with Gasteiger partial charge < -0.3 is 10.5 Å². The highest BCUT2D eigenvalue weighted by molar-refractivity contribution is 5.40. The fourth-order valence-corrected chi connectivity index (χ4v) is 3.64. The van der Waals surface area contributed by atoms with Gasteiger partial charge in [0.25, 0.3) is 0 Å².